The minimum Gasteiger partial charge on any atom is -0.356 e. The molecule has 2 unspecified atom stereocenters. The quantitative estimate of drug-likeness (QED) is 0.583. The van der Waals surface area contributed by atoms with Crippen molar-refractivity contribution in [2.45, 2.75) is 52.1 Å². The third-order valence-corrected chi connectivity index (χ3v) is 7.69. The van der Waals surface area contributed by atoms with Crippen molar-refractivity contribution in [3.63, 3.8) is 0 Å². The van der Waals surface area contributed by atoms with Crippen LogP contribution in [0.3, 0.4) is 0 Å². The summed E-state index contributed by atoms with van der Waals surface area (Å²) in [5, 5.41) is 4.77. The Morgan fingerprint density at radius 2 is 2.03 bits per heavy atom. The van der Waals surface area contributed by atoms with Crippen LogP contribution in [-0.2, 0) is 13.0 Å². The summed E-state index contributed by atoms with van der Waals surface area (Å²) >= 11 is 1.81. The summed E-state index contributed by atoms with van der Waals surface area (Å²) < 4.78 is 0. The van der Waals surface area contributed by atoms with Crippen LogP contribution in [-0.4, -0.2) is 60.0 Å². The molecule has 0 saturated carbocycles. The molecule has 5 nitrogen and oxygen atoms in total. The Balaban J connectivity index is 1.31. The van der Waals surface area contributed by atoms with Crippen LogP contribution < -0.4 is 5.32 Å². The lowest BCUT2D eigenvalue weighted by Crippen LogP contribution is -2.56. The van der Waals surface area contributed by atoms with Gasteiger partial charge in [0.1, 0.15) is 0 Å². The van der Waals surface area contributed by atoms with Gasteiger partial charge in [0, 0.05) is 50.6 Å². The number of benzene rings is 1. The first kappa shape index (κ1) is 21.3. The SMILES string of the molecule is CN=C(NCCc1sc(C)nc1C)N1CCC2C(CCCN2Cc2ccccc2)C1. The highest BCUT2D eigenvalue weighted by Gasteiger charge is 2.36. The van der Waals surface area contributed by atoms with Gasteiger partial charge in [0.25, 0.3) is 0 Å². The number of guanidine groups is 1. The molecular formula is C24H35N5S. The molecule has 2 aromatic rings. The predicted molar refractivity (Wildman–Crippen MR) is 126 cm³/mol. The summed E-state index contributed by atoms with van der Waals surface area (Å²) in [6.45, 7) is 9.64. The van der Waals surface area contributed by atoms with E-state index < -0.39 is 0 Å². The van der Waals surface area contributed by atoms with E-state index in [4.69, 9.17) is 0 Å². The van der Waals surface area contributed by atoms with Crippen molar-refractivity contribution in [3.05, 3.63) is 51.5 Å². The normalized spacial score (nSPS) is 22.8. The highest BCUT2D eigenvalue weighted by Crippen LogP contribution is 2.31. The number of aryl methyl sites for hydroxylation is 2. The van der Waals surface area contributed by atoms with E-state index in [1.54, 1.807) is 0 Å². The fourth-order valence-electron chi connectivity index (χ4n) is 5.14. The number of piperidine rings is 2. The first-order chi connectivity index (χ1) is 14.6. The van der Waals surface area contributed by atoms with E-state index in [1.165, 1.54) is 41.9 Å². The van der Waals surface area contributed by atoms with Crippen LogP contribution in [0.4, 0.5) is 0 Å². The molecule has 30 heavy (non-hydrogen) atoms. The van der Waals surface area contributed by atoms with E-state index in [9.17, 15) is 0 Å². The molecular weight excluding hydrogens is 390 g/mol. The van der Waals surface area contributed by atoms with Crippen LogP contribution in [0.1, 0.15) is 40.4 Å². The standard InChI is InChI=1S/C24H35N5S/c1-18-23(30-19(2)27-18)11-13-26-24(25-3)29-15-12-22-21(17-29)10-7-14-28(22)16-20-8-5-4-6-9-20/h4-6,8-9,21-22H,7,10-17H2,1-3H3,(H,25,26). The highest BCUT2D eigenvalue weighted by atomic mass is 32.1. The molecule has 0 radical (unpaired) electrons. The summed E-state index contributed by atoms with van der Waals surface area (Å²) in [5.41, 5.74) is 2.61. The number of nitrogens with zero attached hydrogens (tertiary/aromatic N) is 4. The van der Waals surface area contributed by atoms with E-state index >= 15 is 0 Å². The Morgan fingerprint density at radius 3 is 2.77 bits per heavy atom. The summed E-state index contributed by atoms with van der Waals surface area (Å²) in [5.74, 6) is 1.80. The second-order valence-corrected chi connectivity index (χ2v) is 9.91. The number of aliphatic imine (C=N–C) groups is 1. The smallest absolute Gasteiger partial charge is 0.193 e. The van der Waals surface area contributed by atoms with Gasteiger partial charge in [0.2, 0.25) is 0 Å². The van der Waals surface area contributed by atoms with Crippen molar-refractivity contribution in [2.24, 2.45) is 10.9 Å². The monoisotopic (exact) mass is 425 g/mol. The van der Waals surface area contributed by atoms with Crippen molar-refractivity contribution < 1.29 is 0 Å². The average Bonchev–Trinajstić information content (AvgIpc) is 3.08. The van der Waals surface area contributed by atoms with Crippen LogP contribution in [0.15, 0.2) is 35.3 Å². The van der Waals surface area contributed by atoms with Gasteiger partial charge in [0.15, 0.2) is 5.96 Å². The zero-order chi connectivity index (χ0) is 20.9. The molecule has 6 heteroatoms. The fourth-order valence-corrected chi connectivity index (χ4v) is 6.08. The zero-order valence-electron chi connectivity index (χ0n) is 18.6. The Labute approximate surface area is 185 Å². The summed E-state index contributed by atoms with van der Waals surface area (Å²) in [7, 11) is 1.92. The largest absolute Gasteiger partial charge is 0.356 e. The number of aromatic nitrogens is 1. The molecule has 0 bridgehead atoms. The van der Waals surface area contributed by atoms with Gasteiger partial charge in [0.05, 0.1) is 10.7 Å². The minimum atomic E-state index is 0.705. The van der Waals surface area contributed by atoms with Gasteiger partial charge in [-0.2, -0.15) is 0 Å². The Morgan fingerprint density at radius 1 is 1.20 bits per heavy atom. The van der Waals surface area contributed by atoms with Crippen LogP contribution in [0, 0.1) is 19.8 Å². The first-order valence-electron chi connectivity index (χ1n) is 11.3. The third-order valence-electron chi connectivity index (χ3n) is 6.56. The fraction of sp³-hybridized carbons (Fsp3) is 0.583. The molecule has 1 aromatic heterocycles. The van der Waals surface area contributed by atoms with Gasteiger partial charge in [-0.05, 0) is 51.1 Å². The minimum absolute atomic E-state index is 0.705. The molecule has 0 amide bonds. The van der Waals surface area contributed by atoms with E-state index in [1.807, 2.05) is 18.4 Å². The Bertz CT molecular complexity index is 847. The average molecular weight is 426 g/mol. The first-order valence-corrected chi connectivity index (χ1v) is 12.1. The number of nitrogens with one attached hydrogen (secondary N) is 1. The summed E-state index contributed by atoms with van der Waals surface area (Å²) in [4.78, 5) is 15.7. The van der Waals surface area contributed by atoms with Gasteiger partial charge in [-0.15, -0.1) is 11.3 Å². The molecule has 2 fully saturated rings. The number of hydrogen-bond acceptors (Lipinski definition) is 4. The highest BCUT2D eigenvalue weighted by molar-refractivity contribution is 7.11. The van der Waals surface area contributed by atoms with Crippen molar-refractivity contribution in [2.75, 3.05) is 33.2 Å². The molecule has 0 spiro atoms. The summed E-state index contributed by atoms with van der Waals surface area (Å²) in [6.07, 6.45) is 4.88. The lowest BCUT2D eigenvalue weighted by Gasteiger charge is -2.48. The lowest BCUT2D eigenvalue weighted by atomic mass is 9.83. The predicted octanol–water partition coefficient (Wildman–Crippen LogP) is 3.86. The molecule has 0 aliphatic carbocycles. The molecule has 1 N–H and O–H groups in total. The van der Waals surface area contributed by atoms with Crippen LogP contribution in [0.5, 0.6) is 0 Å². The molecule has 1 aromatic carbocycles. The molecule has 3 heterocycles. The van der Waals surface area contributed by atoms with Crippen molar-refractivity contribution >= 4 is 17.3 Å². The number of fused-ring (bicyclic) bond motifs is 1. The van der Waals surface area contributed by atoms with E-state index in [2.05, 4.69) is 69.3 Å². The molecule has 2 aliphatic heterocycles. The zero-order valence-corrected chi connectivity index (χ0v) is 19.4. The maximum Gasteiger partial charge on any atom is 0.193 e. The maximum atomic E-state index is 4.60. The van der Waals surface area contributed by atoms with Gasteiger partial charge in [-0.3, -0.25) is 9.89 Å². The van der Waals surface area contributed by atoms with Crippen LogP contribution in [0.2, 0.25) is 0 Å². The number of hydrogen-bond donors (Lipinski definition) is 1. The van der Waals surface area contributed by atoms with Crippen molar-refractivity contribution in [3.8, 4) is 0 Å². The van der Waals surface area contributed by atoms with Gasteiger partial charge in [-0.25, -0.2) is 4.98 Å². The second kappa shape index (κ2) is 9.92. The van der Waals surface area contributed by atoms with Crippen molar-refractivity contribution in [1.82, 2.24) is 20.1 Å². The Hall–Kier alpha value is -1.92. The number of likely N-dealkylation sites (tertiary alicyclic amines) is 2. The molecule has 2 aliphatic rings. The summed E-state index contributed by atoms with van der Waals surface area (Å²) in [6, 6.07) is 11.6. The third kappa shape index (κ3) is 5.03. The molecule has 4 rings (SSSR count). The number of rotatable bonds is 5. The van der Waals surface area contributed by atoms with Crippen LogP contribution in [0.25, 0.3) is 0 Å². The molecule has 2 atom stereocenters. The van der Waals surface area contributed by atoms with Crippen molar-refractivity contribution in [1.29, 1.82) is 0 Å². The van der Waals surface area contributed by atoms with Gasteiger partial charge < -0.3 is 10.2 Å². The molecule has 162 valence electrons. The van der Waals surface area contributed by atoms with E-state index in [-0.39, 0.29) is 0 Å². The van der Waals surface area contributed by atoms with E-state index in [0.717, 1.165) is 49.5 Å². The van der Waals surface area contributed by atoms with E-state index in [0.29, 0.717) is 6.04 Å². The van der Waals surface area contributed by atoms with Gasteiger partial charge >= 0.3 is 0 Å². The topological polar surface area (TPSA) is 43.8 Å². The lowest BCUT2D eigenvalue weighted by molar-refractivity contribution is 0.0373. The van der Waals surface area contributed by atoms with Gasteiger partial charge in [-0.1, -0.05) is 30.3 Å². The molecule has 2 saturated heterocycles. The maximum absolute atomic E-state index is 4.60. The Kier molecular flexibility index (Phi) is 7.05. The number of thiazole rings is 1. The van der Waals surface area contributed by atoms with Crippen LogP contribution >= 0.6 is 11.3 Å². The second-order valence-electron chi connectivity index (χ2n) is 8.63.